The Labute approximate surface area is 203 Å². The number of anilines is 1. The number of sulfone groups is 1. The van der Waals surface area contributed by atoms with Crippen LogP contribution in [-0.4, -0.2) is 75.4 Å². The molecular formula is C22H29N5O5S2. The predicted octanol–water partition coefficient (Wildman–Crippen LogP) is 2.14. The van der Waals surface area contributed by atoms with Gasteiger partial charge in [0.2, 0.25) is 0 Å². The van der Waals surface area contributed by atoms with Crippen molar-refractivity contribution in [2.75, 3.05) is 38.8 Å². The number of likely N-dealkylation sites (N-methyl/N-ethyl adjacent to an activating group) is 1. The van der Waals surface area contributed by atoms with Crippen LogP contribution in [0.4, 0.5) is 5.13 Å². The van der Waals surface area contributed by atoms with Crippen LogP contribution in [0.5, 0.6) is 0 Å². The van der Waals surface area contributed by atoms with Crippen LogP contribution in [0.2, 0.25) is 0 Å². The fourth-order valence-electron chi connectivity index (χ4n) is 3.28. The molecule has 1 heterocycles. The van der Waals surface area contributed by atoms with Crippen molar-refractivity contribution in [2.24, 2.45) is 5.16 Å². The minimum Gasteiger partial charge on any atom is -0.392 e. The van der Waals surface area contributed by atoms with Crippen LogP contribution in [0.15, 0.2) is 40.5 Å². The zero-order valence-corrected chi connectivity index (χ0v) is 21.0. The Morgan fingerprint density at radius 2 is 1.88 bits per heavy atom. The molecular weight excluding hydrogens is 478 g/mol. The van der Waals surface area contributed by atoms with Crippen LogP contribution < -0.4 is 10.6 Å². The van der Waals surface area contributed by atoms with Crippen molar-refractivity contribution >= 4 is 43.8 Å². The summed E-state index contributed by atoms with van der Waals surface area (Å²) in [5.74, 6) is -0.839. The first kappa shape index (κ1) is 25.8. The van der Waals surface area contributed by atoms with Gasteiger partial charge < -0.3 is 15.1 Å². The summed E-state index contributed by atoms with van der Waals surface area (Å²) >= 11 is 1.05. The molecule has 2 aromatic rings. The Balaban J connectivity index is 1.74. The second kappa shape index (κ2) is 11.5. The number of nitrogens with zero attached hydrogens (tertiary/aromatic N) is 3. The maximum absolute atomic E-state index is 13.0. The number of oxime groups is 1. The molecule has 184 valence electrons. The number of thiazole rings is 1. The van der Waals surface area contributed by atoms with Crippen molar-refractivity contribution in [3.8, 4) is 0 Å². The van der Waals surface area contributed by atoms with E-state index in [1.165, 1.54) is 30.5 Å². The van der Waals surface area contributed by atoms with Crippen LogP contribution in [-0.2, 0) is 19.5 Å². The molecule has 2 amide bonds. The van der Waals surface area contributed by atoms with Crippen molar-refractivity contribution in [1.82, 2.24) is 15.2 Å². The smallest absolute Gasteiger partial charge is 0.280 e. The van der Waals surface area contributed by atoms with Crippen LogP contribution in [0.3, 0.4) is 0 Å². The third kappa shape index (κ3) is 7.34. The molecule has 1 aromatic carbocycles. The van der Waals surface area contributed by atoms with E-state index >= 15 is 0 Å². The molecule has 2 N–H and O–H groups in total. The lowest BCUT2D eigenvalue weighted by atomic mass is 10.1. The summed E-state index contributed by atoms with van der Waals surface area (Å²) < 4.78 is 23.5. The van der Waals surface area contributed by atoms with Crippen LogP contribution >= 0.6 is 11.3 Å². The van der Waals surface area contributed by atoms with Gasteiger partial charge in [0.25, 0.3) is 11.8 Å². The molecule has 0 radical (unpaired) electrons. The summed E-state index contributed by atoms with van der Waals surface area (Å²) in [5, 5.41) is 9.81. The molecule has 34 heavy (non-hydrogen) atoms. The fraction of sp³-hybridized carbons (Fsp3) is 0.455. The molecule has 10 nitrogen and oxygen atoms in total. The van der Waals surface area contributed by atoms with Crippen LogP contribution in [0.25, 0.3) is 0 Å². The Morgan fingerprint density at radius 3 is 2.50 bits per heavy atom. The Kier molecular flexibility index (Phi) is 8.75. The van der Waals surface area contributed by atoms with Gasteiger partial charge in [0.15, 0.2) is 20.7 Å². The zero-order chi connectivity index (χ0) is 24.7. The molecule has 0 bridgehead atoms. The van der Waals surface area contributed by atoms with Gasteiger partial charge in [-0.1, -0.05) is 28.6 Å². The number of benzene rings is 1. The topological polar surface area (TPSA) is 130 Å². The first-order valence-corrected chi connectivity index (χ1v) is 13.6. The molecule has 0 unspecified atom stereocenters. The van der Waals surface area contributed by atoms with Crippen molar-refractivity contribution in [3.05, 3.63) is 40.9 Å². The lowest BCUT2D eigenvalue weighted by Crippen LogP contribution is -2.30. The monoisotopic (exact) mass is 507 g/mol. The molecule has 1 fully saturated rings. The normalized spacial score (nSPS) is 14.9. The summed E-state index contributed by atoms with van der Waals surface area (Å²) in [7, 11) is 0.450. The molecule has 1 aromatic heterocycles. The second-order valence-corrected chi connectivity index (χ2v) is 11.3. The molecule has 1 saturated carbocycles. The Morgan fingerprint density at radius 1 is 1.21 bits per heavy atom. The van der Waals surface area contributed by atoms with E-state index in [2.05, 4.69) is 20.8 Å². The fourth-order valence-corrected chi connectivity index (χ4v) is 4.64. The average Bonchev–Trinajstić information content (AvgIpc) is 3.45. The number of amides is 2. The number of nitrogens with one attached hydrogen (secondary N) is 2. The number of hydrogen-bond acceptors (Lipinski definition) is 9. The van der Waals surface area contributed by atoms with Crippen molar-refractivity contribution in [2.45, 2.75) is 36.7 Å². The predicted molar refractivity (Wildman–Crippen MR) is 131 cm³/mol. The van der Waals surface area contributed by atoms with E-state index in [0.717, 1.165) is 43.3 Å². The van der Waals surface area contributed by atoms with Gasteiger partial charge in [-0.05, 0) is 51.9 Å². The van der Waals surface area contributed by atoms with Gasteiger partial charge in [-0.25, -0.2) is 13.4 Å². The summed E-state index contributed by atoms with van der Waals surface area (Å²) in [6.07, 6.45) is 6.28. The van der Waals surface area contributed by atoms with E-state index in [-0.39, 0.29) is 27.7 Å². The minimum absolute atomic E-state index is 0.000800. The van der Waals surface area contributed by atoms with Crippen molar-refractivity contribution in [3.63, 3.8) is 0 Å². The largest absolute Gasteiger partial charge is 0.392 e. The van der Waals surface area contributed by atoms with Gasteiger partial charge in [-0.15, -0.1) is 0 Å². The van der Waals surface area contributed by atoms with Gasteiger partial charge in [-0.3, -0.25) is 14.9 Å². The van der Waals surface area contributed by atoms with Gasteiger partial charge in [-0.2, -0.15) is 0 Å². The highest BCUT2D eigenvalue weighted by Crippen LogP contribution is 2.22. The van der Waals surface area contributed by atoms with Gasteiger partial charge in [0, 0.05) is 24.9 Å². The highest BCUT2D eigenvalue weighted by atomic mass is 32.2. The van der Waals surface area contributed by atoms with E-state index < -0.39 is 15.7 Å². The van der Waals surface area contributed by atoms with Gasteiger partial charge in [0.05, 0.1) is 11.1 Å². The molecule has 1 aliphatic rings. The molecule has 1 aliphatic carbocycles. The lowest BCUT2D eigenvalue weighted by Gasteiger charge is -2.11. The number of carbonyl (C=O) groups is 2. The van der Waals surface area contributed by atoms with E-state index in [0.29, 0.717) is 23.5 Å². The molecule has 3 rings (SSSR count). The molecule has 0 aliphatic heterocycles. The highest BCUT2D eigenvalue weighted by molar-refractivity contribution is 7.90. The maximum atomic E-state index is 13.0. The second-order valence-electron chi connectivity index (χ2n) is 8.29. The lowest BCUT2D eigenvalue weighted by molar-refractivity contribution is -0.110. The van der Waals surface area contributed by atoms with E-state index in [1.807, 2.05) is 19.0 Å². The zero-order valence-electron chi connectivity index (χ0n) is 19.4. The Bertz CT molecular complexity index is 1140. The number of rotatable bonds is 10. The molecule has 0 spiro atoms. The quantitative estimate of drug-likeness (QED) is 0.372. The molecule has 0 atom stereocenters. The highest BCUT2D eigenvalue weighted by Gasteiger charge is 2.22. The average molecular weight is 508 g/mol. The summed E-state index contributed by atoms with van der Waals surface area (Å²) in [6, 6.07) is 5.86. The van der Waals surface area contributed by atoms with Crippen molar-refractivity contribution < 1.29 is 22.8 Å². The molecule has 0 saturated heterocycles. The summed E-state index contributed by atoms with van der Waals surface area (Å²) in [5.41, 5.74) is 0.403. The first-order chi connectivity index (χ1) is 16.1. The number of carbonyl (C=O) groups excluding carboxylic acids is 2. The third-order valence-corrected chi connectivity index (χ3v) is 7.20. The number of hydrogen-bond donors (Lipinski definition) is 2. The summed E-state index contributed by atoms with van der Waals surface area (Å²) in [6.45, 7) is 1.19. The third-order valence-electron chi connectivity index (χ3n) is 5.16. The molecule has 12 heteroatoms. The standard InChI is InChI=1S/C22H29N5O5S2/c1-27(2)13-12-23-20(28)18-14-24-22(33-18)25-21(29)19(26-32-16-6-4-5-7-16)15-8-10-17(11-9-15)34(3,30)31/h8-11,14,16H,4-7,12-13H2,1-3H3,(H,23,28)(H,24,25,29)/b26-19+. The van der Waals surface area contributed by atoms with Gasteiger partial charge in [0.1, 0.15) is 11.0 Å². The van der Waals surface area contributed by atoms with Crippen LogP contribution in [0.1, 0.15) is 40.9 Å². The first-order valence-electron chi connectivity index (χ1n) is 10.9. The summed E-state index contributed by atoms with van der Waals surface area (Å²) in [4.78, 5) is 37.5. The maximum Gasteiger partial charge on any atom is 0.280 e. The minimum atomic E-state index is -3.38. The Hall–Kier alpha value is -2.83. The van der Waals surface area contributed by atoms with Crippen molar-refractivity contribution in [1.29, 1.82) is 0 Å². The van der Waals surface area contributed by atoms with E-state index in [4.69, 9.17) is 4.84 Å². The number of aromatic nitrogens is 1. The van der Waals surface area contributed by atoms with Gasteiger partial charge >= 0.3 is 0 Å². The SMILES string of the molecule is CN(C)CCNC(=O)c1cnc(NC(=O)/C(=N/OC2CCCC2)c2ccc(S(C)(=O)=O)cc2)s1. The van der Waals surface area contributed by atoms with E-state index in [1.54, 1.807) is 0 Å². The van der Waals surface area contributed by atoms with E-state index in [9.17, 15) is 18.0 Å². The van der Waals surface area contributed by atoms with Crippen LogP contribution in [0, 0.1) is 0 Å².